The van der Waals surface area contributed by atoms with Crippen LogP contribution in [0.2, 0.25) is 0 Å². The van der Waals surface area contributed by atoms with Gasteiger partial charge >= 0.3 is 0 Å². The summed E-state index contributed by atoms with van der Waals surface area (Å²) in [5, 5.41) is 7.61. The molecule has 1 aliphatic carbocycles. The lowest BCUT2D eigenvalue weighted by atomic mass is 9.88. The van der Waals surface area contributed by atoms with Gasteiger partial charge < -0.3 is 10.6 Å². The average Bonchev–Trinajstić information content (AvgIpc) is 3.22. The van der Waals surface area contributed by atoms with Gasteiger partial charge in [-0.15, -0.1) is 11.3 Å². The third-order valence-corrected chi connectivity index (χ3v) is 5.25. The molecule has 4 rings (SSSR count). The molecule has 23 heavy (non-hydrogen) atoms. The molecule has 1 amide bonds. The number of nitrogens with one attached hydrogen (secondary N) is 2. The van der Waals surface area contributed by atoms with Crippen LogP contribution in [0.15, 0.2) is 29.6 Å². The summed E-state index contributed by atoms with van der Waals surface area (Å²) in [6.45, 7) is 0.824. The Hall–Kier alpha value is -2.31. The van der Waals surface area contributed by atoms with Gasteiger partial charge in [-0.3, -0.25) is 14.4 Å². The lowest BCUT2D eigenvalue weighted by Gasteiger charge is -2.16. The lowest BCUT2D eigenvalue weighted by Crippen LogP contribution is -2.36. The number of ketones is 2. The number of carbonyl (C=O) groups is 3. The van der Waals surface area contributed by atoms with Crippen LogP contribution in [0.5, 0.6) is 0 Å². The molecule has 2 heterocycles. The Balaban J connectivity index is 1.70. The van der Waals surface area contributed by atoms with Gasteiger partial charge in [0.15, 0.2) is 5.78 Å². The van der Waals surface area contributed by atoms with Crippen LogP contribution in [0.1, 0.15) is 44.0 Å². The lowest BCUT2D eigenvalue weighted by molar-refractivity contribution is -0.117. The highest BCUT2D eigenvalue weighted by Gasteiger charge is 2.34. The monoisotopic (exact) mass is 326 g/mol. The molecule has 0 bridgehead atoms. The third kappa shape index (κ3) is 2.22. The number of amides is 1. The zero-order chi connectivity index (χ0) is 16.0. The number of anilines is 1. The van der Waals surface area contributed by atoms with Crippen molar-refractivity contribution in [1.82, 2.24) is 5.32 Å². The zero-order valence-corrected chi connectivity index (χ0v) is 13.0. The summed E-state index contributed by atoms with van der Waals surface area (Å²) in [6.07, 6.45) is 1.75. The fourth-order valence-corrected chi connectivity index (χ4v) is 4.06. The maximum Gasteiger partial charge on any atom is 0.241 e. The first kappa shape index (κ1) is 14.3. The second-order valence-corrected chi connectivity index (χ2v) is 6.58. The van der Waals surface area contributed by atoms with E-state index in [1.807, 2.05) is 0 Å². The maximum absolute atomic E-state index is 12.7. The van der Waals surface area contributed by atoms with E-state index in [1.54, 1.807) is 29.6 Å². The largest absolute Gasteiger partial charge is 0.323 e. The summed E-state index contributed by atoms with van der Waals surface area (Å²) >= 11 is 1.21. The number of thiophene rings is 1. The van der Waals surface area contributed by atoms with Crippen molar-refractivity contribution in [3.63, 3.8) is 0 Å². The van der Waals surface area contributed by atoms with E-state index >= 15 is 0 Å². The second-order valence-electron chi connectivity index (χ2n) is 5.70. The SMILES string of the molecule is O=C1c2ccccc2C(=O)c2c(NC(=O)[C@@H]3CCCN3)csc21. The van der Waals surface area contributed by atoms with Gasteiger partial charge in [0.25, 0.3) is 0 Å². The molecule has 5 nitrogen and oxygen atoms in total. The fraction of sp³-hybridized carbons (Fsp3) is 0.235. The third-order valence-electron chi connectivity index (χ3n) is 4.28. The Labute approximate surface area is 136 Å². The van der Waals surface area contributed by atoms with Gasteiger partial charge in [0.2, 0.25) is 11.7 Å². The second kappa shape index (κ2) is 5.40. The Kier molecular flexibility index (Phi) is 3.36. The van der Waals surface area contributed by atoms with E-state index in [4.69, 9.17) is 0 Å². The van der Waals surface area contributed by atoms with Gasteiger partial charge in [-0.05, 0) is 19.4 Å². The van der Waals surface area contributed by atoms with Gasteiger partial charge in [0.05, 0.1) is 22.2 Å². The van der Waals surface area contributed by atoms with E-state index in [0.717, 1.165) is 19.4 Å². The van der Waals surface area contributed by atoms with Crippen LogP contribution in [0.25, 0.3) is 0 Å². The van der Waals surface area contributed by atoms with Crippen molar-refractivity contribution in [3.05, 3.63) is 51.2 Å². The van der Waals surface area contributed by atoms with Crippen LogP contribution < -0.4 is 10.6 Å². The molecule has 6 heteroatoms. The quantitative estimate of drug-likeness (QED) is 0.757. The minimum absolute atomic E-state index is 0.151. The van der Waals surface area contributed by atoms with Gasteiger partial charge in [0, 0.05) is 16.5 Å². The summed E-state index contributed by atoms with van der Waals surface area (Å²) in [5.41, 5.74) is 1.60. The van der Waals surface area contributed by atoms with Crippen LogP contribution in [0.4, 0.5) is 5.69 Å². The highest BCUT2D eigenvalue weighted by atomic mass is 32.1. The van der Waals surface area contributed by atoms with E-state index in [1.165, 1.54) is 11.3 Å². The van der Waals surface area contributed by atoms with Crippen LogP contribution in [-0.4, -0.2) is 30.1 Å². The molecule has 1 aromatic carbocycles. The van der Waals surface area contributed by atoms with Crippen LogP contribution in [0, 0.1) is 0 Å². The summed E-state index contributed by atoms with van der Waals surface area (Å²) in [4.78, 5) is 37.9. The van der Waals surface area contributed by atoms with Crippen LogP contribution in [0.3, 0.4) is 0 Å². The highest BCUT2D eigenvalue weighted by Crippen LogP contribution is 2.36. The van der Waals surface area contributed by atoms with Crippen molar-refractivity contribution in [2.75, 3.05) is 11.9 Å². The molecule has 2 aliphatic rings. The fourth-order valence-electron chi connectivity index (χ4n) is 3.11. The normalized spacial score (nSPS) is 19.4. The van der Waals surface area contributed by atoms with E-state index < -0.39 is 0 Å². The van der Waals surface area contributed by atoms with E-state index in [2.05, 4.69) is 10.6 Å². The van der Waals surface area contributed by atoms with Crippen molar-refractivity contribution in [1.29, 1.82) is 0 Å². The average molecular weight is 326 g/mol. The number of rotatable bonds is 2. The van der Waals surface area contributed by atoms with Crippen molar-refractivity contribution in [2.24, 2.45) is 0 Å². The molecule has 2 aromatic rings. The molecule has 1 aromatic heterocycles. The molecule has 1 atom stereocenters. The topological polar surface area (TPSA) is 75.3 Å². The molecule has 2 N–H and O–H groups in total. The van der Waals surface area contributed by atoms with Crippen molar-refractivity contribution in [3.8, 4) is 0 Å². The number of hydrogen-bond acceptors (Lipinski definition) is 5. The molecule has 0 radical (unpaired) electrons. The van der Waals surface area contributed by atoms with Crippen molar-refractivity contribution in [2.45, 2.75) is 18.9 Å². The Bertz CT molecular complexity index is 834. The van der Waals surface area contributed by atoms with Crippen LogP contribution >= 0.6 is 11.3 Å². The van der Waals surface area contributed by atoms with Crippen molar-refractivity contribution >= 4 is 34.5 Å². The minimum Gasteiger partial charge on any atom is -0.323 e. The molecular weight excluding hydrogens is 312 g/mol. The zero-order valence-electron chi connectivity index (χ0n) is 12.2. The Morgan fingerprint density at radius 1 is 1.17 bits per heavy atom. The van der Waals surface area contributed by atoms with Crippen molar-refractivity contribution < 1.29 is 14.4 Å². The first-order valence-corrected chi connectivity index (χ1v) is 8.39. The first-order valence-electron chi connectivity index (χ1n) is 7.51. The predicted octanol–water partition coefficient (Wildman–Crippen LogP) is 2.21. The maximum atomic E-state index is 12.7. The van der Waals surface area contributed by atoms with E-state index in [0.29, 0.717) is 27.3 Å². The molecule has 0 unspecified atom stereocenters. The van der Waals surface area contributed by atoms with Gasteiger partial charge in [0.1, 0.15) is 0 Å². The Morgan fingerprint density at radius 2 is 1.91 bits per heavy atom. The minimum atomic E-state index is -0.229. The van der Waals surface area contributed by atoms with Gasteiger partial charge in [-0.2, -0.15) is 0 Å². The molecular formula is C17H14N2O3S. The summed E-state index contributed by atoms with van der Waals surface area (Å²) in [5.74, 6) is -0.506. The van der Waals surface area contributed by atoms with Crippen LogP contribution in [-0.2, 0) is 4.79 Å². The van der Waals surface area contributed by atoms with Gasteiger partial charge in [-0.1, -0.05) is 24.3 Å². The molecule has 1 fully saturated rings. The standard InChI is InChI=1S/C17H14N2O3S/c20-14-9-4-1-2-5-10(9)15(21)16-13(14)12(8-23-16)19-17(22)11-6-3-7-18-11/h1-2,4-5,8,11,18H,3,6-7H2,(H,19,22)/t11-/m0/s1. The molecule has 1 aliphatic heterocycles. The summed E-state index contributed by atoms with van der Waals surface area (Å²) in [6, 6.07) is 6.57. The number of hydrogen-bond donors (Lipinski definition) is 2. The highest BCUT2D eigenvalue weighted by molar-refractivity contribution is 7.13. The molecule has 116 valence electrons. The summed E-state index contributed by atoms with van der Waals surface area (Å²) in [7, 11) is 0. The van der Waals surface area contributed by atoms with E-state index in [-0.39, 0.29) is 23.5 Å². The summed E-state index contributed by atoms with van der Waals surface area (Å²) < 4.78 is 0. The van der Waals surface area contributed by atoms with Gasteiger partial charge in [-0.25, -0.2) is 0 Å². The van der Waals surface area contributed by atoms with E-state index in [9.17, 15) is 14.4 Å². The number of benzene rings is 1. The Morgan fingerprint density at radius 3 is 2.61 bits per heavy atom. The molecule has 0 saturated carbocycles. The number of carbonyl (C=O) groups excluding carboxylic acids is 3. The smallest absolute Gasteiger partial charge is 0.241 e. The number of fused-ring (bicyclic) bond motifs is 2. The molecule has 1 saturated heterocycles. The predicted molar refractivity (Wildman–Crippen MR) is 87.3 cm³/mol. The first-order chi connectivity index (χ1) is 11.2. The molecule has 0 spiro atoms.